The molecule has 1 unspecified atom stereocenters. The summed E-state index contributed by atoms with van der Waals surface area (Å²) >= 11 is 0. The molecule has 1 N–H and O–H groups in total. The summed E-state index contributed by atoms with van der Waals surface area (Å²) in [6, 6.07) is 18.8. The zero-order valence-corrected chi connectivity index (χ0v) is 14.8. The molecule has 0 aliphatic rings. The molecule has 23 heavy (non-hydrogen) atoms. The van der Waals surface area contributed by atoms with Gasteiger partial charge in [0.1, 0.15) is 0 Å². The van der Waals surface area contributed by atoms with Crippen LogP contribution in [0.1, 0.15) is 24.9 Å². The lowest BCUT2D eigenvalue weighted by Crippen LogP contribution is -2.31. The lowest BCUT2D eigenvalue weighted by Gasteiger charge is -2.25. The second kappa shape index (κ2) is 9.33. The summed E-state index contributed by atoms with van der Waals surface area (Å²) in [5.41, 5.74) is 3.56. The maximum atomic E-state index is 12.1. The van der Waals surface area contributed by atoms with Crippen LogP contribution in [-0.2, 0) is 4.79 Å². The minimum Gasteiger partial charge on any atom is -0.339 e. The molecule has 1 amide bonds. The molecule has 2 rings (SSSR count). The molecule has 0 aliphatic carbocycles. The summed E-state index contributed by atoms with van der Waals surface area (Å²) in [5, 5.41) is 3.01. The monoisotopic (exact) mass is 332 g/mol. The Hall–Kier alpha value is -1.84. The van der Waals surface area contributed by atoms with E-state index in [0.717, 1.165) is 5.56 Å². The summed E-state index contributed by atoms with van der Waals surface area (Å²) < 4.78 is 0. The minimum atomic E-state index is 0. The maximum absolute atomic E-state index is 12.1. The van der Waals surface area contributed by atoms with Gasteiger partial charge in [0.05, 0.1) is 6.04 Å². The van der Waals surface area contributed by atoms with Gasteiger partial charge in [0.2, 0.25) is 5.91 Å². The number of benzene rings is 2. The first-order valence-corrected chi connectivity index (χ1v) is 7.69. The molecule has 0 saturated carbocycles. The van der Waals surface area contributed by atoms with Crippen LogP contribution in [0.15, 0.2) is 54.6 Å². The number of carbonyl (C=O) groups excluding carboxylic acids is 1. The van der Waals surface area contributed by atoms with Crippen molar-refractivity contribution in [2.75, 3.05) is 20.6 Å². The van der Waals surface area contributed by atoms with Gasteiger partial charge < -0.3 is 10.2 Å². The van der Waals surface area contributed by atoms with E-state index in [-0.39, 0.29) is 24.4 Å². The highest BCUT2D eigenvalue weighted by Gasteiger charge is 2.16. The predicted molar refractivity (Wildman–Crippen MR) is 98.9 cm³/mol. The zero-order chi connectivity index (χ0) is 15.9. The van der Waals surface area contributed by atoms with Crippen molar-refractivity contribution in [3.05, 3.63) is 60.2 Å². The number of hydrogen-bond donors (Lipinski definition) is 1. The number of hydrogen-bond acceptors (Lipinski definition) is 2. The lowest BCUT2D eigenvalue weighted by atomic mass is 10.0. The molecular weight excluding hydrogens is 308 g/mol. The summed E-state index contributed by atoms with van der Waals surface area (Å²) in [7, 11) is 3.73. The molecule has 3 nitrogen and oxygen atoms in total. The van der Waals surface area contributed by atoms with Crippen molar-refractivity contribution in [3.63, 3.8) is 0 Å². The third-order valence-electron chi connectivity index (χ3n) is 4.06. The first-order valence-electron chi connectivity index (χ1n) is 7.69. The molecule has 124 valence electrons. The molecule has 0 radical (unpaired) electrons. The van der Waals surface area contributed by atoms with E-state index in [2.05, 4.69) is 48.6 Å². The van der Waals surface area contributed by atoms with Gasteiger partial charge in [-0.25, -0.2) is 0 Å². The Balaban J connectivity index is 0.00000264. The summed E-state index contributed by atoms with van der Waals surface area (Å²) in [5.74, 6) is 0.161. The van der Waals surface area contributed by atoms with Gasteiger partial charge in [-0.2, -0.15) is 0 Å². The average Bonchev–Trinajstić information content (AvgIpc) is 2.59. The van der Waals surface area contributed by atoms with E-state index in [1.54, 1.807) is 0 Å². The third kappa shape index (κ3) is 5.08. The van der Waals surface area contributed by atoms with Gasteiger partial charge in [-0.1, -0.05) is 54.6 Å². The number of amides is 1. The topological polar surface area (TPSA) is 32.3 Å². The zero-order valence-electron chi connectivity index (χ0n) is 14.0. The van der Waals surface area contributed by atoms with Crippen LogP contribution in [0.2, 0.25) is 0 Å². The average molecular weight is 333 g/mol. The van der Waals surface area contributed by atoms with Crippen LogP contribution in [0.4, 0.5) is 0 Å². The molecule has 2 aromatic rings. The van der Waals surface area contributed by atoms with Gasteiger partial charge in [-0.3, -0.25) is 4.79 Å². The fourth-order valence-electron chi connectivity index (χ4n) is 2.43. The minimum absolute atomic E-state index is 0. The van der Waals surface area contributed by atoms with E-state index in [1.165, 1.54) is 11.1 Å². The second-order valence-corrected chi connectivity index (χ2v) is 5.52. The lowest BCUT2D eigenvalue weighted by molar-refractivity contribution is -0.131. The van der Waals surface area contributed by atoms with Gasteiger partial charge in [0.25, 0.3) is 0 Å². The van der Waals surface area contributed by atoms with Crippen molar-refractivity contribution in [1.82, 2.24) is 10.2 Å². The Morgan fingerprint density at radius 2 is 1.61 bits per heavy atom. The highest BCUT2D eigenvalue weighted by molar-refractivity contribution is 5.85. The summed E-state index contributed by atoms with van der Waals surface area (Å²) in [6.45, 7) is 2.78. The van der Waals surface area contributed by atoms with Gasteiger partial charge in [-0.05, 0) is 30.7 Å². The van der Waals surface area contributed by atoms with Crippen molar-refractivity contribution in [1.29, 1.82) is 0 Å². The van der Waals surface area contributed by atoms with E-state index in [9.17, 15) is 4.79 Å². The quantitative estimate of drug-likeness (QED) is 0.870. The molecule has 0 bridgehead atoms. The molecule has 0 aromatic heterocycles. The Labute approximate surface area is 145 Å². The highest BCUT2D eigenvalue weighted by Crippen LogP contribution is 2.24. The Morgan fingerprint density at radius 3 is 2.17 bits per heavy atom. The van der Waals surface area contributed by atoms with Crippen molar-refractivity contribution >= 4 is 18.3 Å². The van der Waals surface area contributed by atoms with Gasteiger partial charge in [0.15, 0.2) is 0 Å². The van der Waals surface area contributed by atoms with Crippen molar-refractivity contribution in [2.24, 2.45) is 0 Å². The molecule has 0 saturated heterocycles. The van der Waals surface area contributed by atoms with Crippen LogP contribution in [-0.4, -0.2) is 31.4 Å². The number of halogens is 1. The number of carbonyl (C=O) groups is 1. The Bertz CT molecular complexity index is 599. The van der Waals surface area contributed by atoms with Gasteiger partial charge in [0, 0.05) is 20.0 Å². The van der Waals surface area contributed by atoms with Crippen LogP contribution in [0.5, 0.6) is 0 Å². The standard InChI is InChI=1S/C19H24N2O.ClH/c1-15(21(3)19(22)13-14-20-2)16-9-11-18(12-10-16)17-7-5-4-6-8-17;/h4-12,15,20H,13-14H2,1-3H3;1H. The maximum Gasteiger partial charge on any atom is 0.224 e. The molecule has 2 aromatic carbocycles. The van der Waals surface area contributed by atoms with E-state index in [4.69, 9.17) is 0 Å². The number of rotatable bonds is 6. The molecule has 1 atom stereocenters. The summed E-state index contributed by atoms with van der Waals surface area (Å²) in [4.78, 5) is 13.9. The van der Waals surface area contributed by atoms with E-state index < -0.39 is 0 Å². The van der Waals surface area contributed by atoms with Crippen LogP contribution < -0.4 is 5.32 Å². The fraction of sp³-hybridized carbons (Fsp3) is 0.316. The van der Waals surface area contributed by atoms with Crippen LogP contribution in [0.25, 0.3) is 11.1 Å². The first kappa shape index (κ1) is 19.2. The highest BCUT2D eigenvalue weighted by atomic mass is 35.5. The predicted octanol–water partition coefficient (Wildman–Crippen LogP) is 3.90. The van der Waals surface area contributed by atoms with Crippen molar-refractivity contribution in [2.45, 2.75) is 19.4 Å². The largest absolute Gasteiger partial charge is 0.339 e. The molecule has 0 aliphatic heterocycles. The Kier molecular flexibility index (Phi) is 7.79. The van der Waals surface area contributed by atoms with E-state index >= 15 is 0 Å². The van der Waals surface area contributed by atoms with E-state index in [1.807, 2.05) is 37.2 Å². The molecular formula is C19H25ClN2O. The van der Waals surface area contributed by atoms with Crippen LogP contribution in [0.3, 0.4) is 0 Å². The van der Waals surface area contributed by atoms with Crippen LogP contribution >= 0.6 is 12.4 Å². The number of nitrogens with one attached hydrogen (secondary N) is 1. The molecule has 4 heteroatoms. The summed E-state index contributed by atoms with van der Waals surface area (Å²) in [6.07, 6.45) is 0.527. The van der Waals surface area contributed by atoms with Crippen molar-refractivity contribution in [3.8, 4) is 11.1 Å². The van der Waals surface area contributed by atoms with E-state index in [0.29, 0.717) is 13.0 Å². The van der Waals surface area contributed by atoms with Crippen LogP contribution in [0, 0.1) is 0 Å². The first-order chi connectivity index (χ1) is 10.6. The SMILES string of the molecule is CNCCC(=O)N(C)C(C)c1ccc(-c2ccccc2)cc1.Cl. The Morgan fingerprint density at radius 1 is 1.04 bits per heavy atom. The third-order valence-corrected chi connectivity index (χ3v) is 4.06. The molecule has 0 heterocycles. The smallest absolute Gasteiger partial charge is 0.224 e. The molecule has 0 fully saturated rings. The van der Waals surface area contributed by atoms with Gasteiger partial charge >= 0.3 is 0 Å². The second-order valence-electron chi connectivity index (χ2n) is 5.52. The van der Waals surface area contributed by atoms with Crippen molar-refractivity contribution < 1.29 is 4.79 Å². The molecule has 0 spiro atoms. The normalized spacial score (nSPS) is 11.4. The van der Waals surface area contributed by atoms with Gasteiger partial charge in [-0.15, -0.1) is 12.4 Å². The fourth-order valence-corrected chi connectivity index (χ4v) is 2.43. The number of nitrogens with zero attached hydrogens (tertiary/aromatic N) is 1.